The second-order valence-corrected chi connectivity index (χ2v) is 8.90. The van der Waals surface area contributed by atoms with E-state index < -0.39 is 0 Å². The normalized spacial score (nSPS) is 11.1. The Labute approximate surface area is 176 Å². The predicted octanol–water partition coefficient (Wildman–Crippen LogP) is 3.21. The number of halogens is 1. The van der Waals surface area contributed by atoms with Gasteiger partial charge in [-0.05, 0) is 29.1 Å². The van der Waals surface area contributed by atoms with Gasteiger partial charge in [0, 0.05) is 13.6 Å². The van der Waals surface area contributed by atoms with Crippen molar-refractivity contribution in [2.75, 3.05) is 0 Å². The van der Waals surface area contributed by atoms with Gasteiger partial charge in [0.2, 0.25) is 5.01 Å². The van der Waals surface area contributed by atoms with Crippen LogP contribution in [0.4, 0.5) is 4.39 Å². The predicted molar refractivity (Wildman–Crippen MR) is 112 cm³/mol. The van der Waals surface area contributed by atoms with Crippen LogP contribution in [0, 0.1) is 5.82 Å². The molecule has 0 saturated carbocycles. The van der Waals surface area contributed by atoms with E-state index in [0.29, 0.717) is 26.1 Å². The van der Waals surface area contributed by atoms with Gasteiger partial charge in [0.1, 0.15) is 15.7 Å². The van der Waals surface area contributed by atoms with Gasteiger partial charge >= 0.3 is 0 Å². The number of rotatable bonds is 6. The molecule has 29 heavy (non-hydrogen) atoms. The van der Waals surface area contributed by atoms with E-state index >= 15 is 0 Å². The summed E-state index contributed by atoms with van der Waals surface area (Å²) in [7, 11) is 1.68. The number of thiophene rings is 1. The van der Waals surface area contributed by atoms with Gasteiger partial charge in [-0.15, -0.1) is 21.5 Å². The summed E-state index contributed by atoms with van der Waals surface area (Å²) in [6.45, 7) is 0.273. The van der Waals surface area contributed by atoms with Crippen LogP contribution in [0.3, 0.4) is 0 Å². The zero-order valence-electron chi connectivity index (χ0n) is 15.1. The highest BCUT2D eigenvalue weighted by molar-refractivity contribution is 7.98. The third-order valence-corrected chi connectivity index (χ3v) is 6.97. The molecule has 148 valence electrons. The first-order valence-corrected chi connectivity index (χ1v) is 11.1. The highest BCUT2D eigenvalue weighted by atomic mass is 32.2. The molecule has 0 saturated heterocycles. The van der Waals surface area contributed by atoms with E-state index in [2.05, 4.69) is 20.5 Å². The van der Waals surface area contributed by atoms with Gasteiger partial charge in [-0.2, -0.15) is 0 Å². The van der Waals surface area contributed by atoms with Gasteiger partial charge in [-0.3, -0.25) is 14.2 Å². The number of fused-ring (bicyclic) bond motifs is 1. The smallest absolute Gasteiger partial charge is 0.282 e. The zero-order chi connectivity index (χ0) is 20.4. The second kappa shape index (κ2) is 8.39. The number of benzene rings is 1. The molecule has 0 atom stereocenters. The molecule has 7 nitrogen and oxygen atoms in total. The molecular weight excluding hydrogens is 433 g/mol. The lowest BCUT2D eigenvalue weighted by atomic mass is 10.2. The van der Waals surface area contributed by atoms with Crippen molar-refractivity contribution in [1.82, 2.24) is 25.1 Å². The zero-order valence-corrected chi connectivity index (χ0v) is 17.5. The van der Waals surface area contributed by atoms with Crippen molar-refractivity contribution < 1.29 is 9.18 Å². The molecule has 11 heteroatoms. The van der Waals surface area contributed by atoms with Crippen molar-refractivity contribution in [2.24, 2.45) is 7.05 Å². The van der Waals surface area contributed by atoms with E-state index in [-0.39, 0.29) is 28.8 Å². The summed E-state index contributed by atoms with van der Waals surface area (Å²) < 4.78 is 14.4. The minimum atomic E-state index is -0.339. The summed E-state index contributed by atoms with van der Waals surface area (Å²) in [5.41, 5.74) is 0.702. The molecule has 0 spiro atoms. The molecule has 0 radical (unpaired) electrons. The molecule has 1 N–H and O–H groups in total. The van der Waals surface area contributed by atoms with Crippen LogP contribution in [0.2, 0.25) is 0 Å². The largest absolute Gasteiger partial charge is 0.346 e. The Balaban J connectivity index is 1.39. The Kier molecular flexibility index (Phi) is 5.69. The lowest BCUT2D eigenvalue weighted by molar-refractivity contribution is 0.0950. The van der Waals surface area contributed by atoms with Gasteiger partial charge in [0.05, 0.1) is 11.1 Å². The topological polar surface area (TPSA) is 89.8 Å². The molecule has 1 aromatic carbocycles. The quantitative estimate of drug-likeness (QED) is 0.361. The van der Waals surface area contributed by atoms with Crippen LogP contribution in [0.1, 0.15) is 20.4 Å². The van der Waals surface area contributed by atoms with E-state index in [9.17, 15) is 14.0 Å². The maximum atomic E-state index is 12.9. The Morgan fingerprint density at radius 2 is 2.03 bits per heavy atom. The van der Waals surface area contributed by atoms with Crippen molar-refractivity contribution >= 4 is 50.6 Å². The number of carbonyl (C=O) groups is 1. The molecule has 0 fully saturated rings. The third kappa shape index (κ3) is 4.36. The van der Waals surface area contributed by atoms with Crippen LogP contribution in [-0.2, 0) is 19.3 Å². The number of hydrogen-bond donors (Lipinski definition) is 1. The Morgan fingerprint density at radius 1 is 1.24 bits per heavy atom. The van der Waals surface area contributed by atoms with E-state index in [1.165, 1.54) is 51.1 Å². The lowest BCUT2D eigenvalue weighted by Crippen LogP contribution is -2.22. The molecule has 0 aliphatic heterocycles. The number of thioether (sulfide) groups is 1. The lowest BCUT2D eigenvalue weighted by Gasteiger charge is -2.05. The summed E-state index contributed by atoms with van der Waals surface area (Å²) in [6.07, 6.45) is 0. The number of nitrogens with zero attached hydrogens (tertiary/aromatic N) is 4. The van der Waals surface area contributed by atoms with E-state index in [4.69, 9.17) is 0 Å². The van der Waals surface area contributed by atoms with Crippen LogP contribution >= 0.6 is 34.4 Å². The number of hydrogen-bond acceptors (Lipinski definition) is 8. The van der Waals surface area contributed by atoms with Gasteiger partial charge < -0.3 is 5.32 Å². The highest BCUT2D eigenvalue weighted by Gasteiger charge is 2.15. The van der Waals surface area contributed by atoms with Crippen molar-refractivity contribution in [2.45, 2.75) is 17.5 Å². The van der Waals surface area contributed by atoms with Crippen LogP contribution in [0.25, 0.3) is 10.2 Å². The van der Waals surface area contributed by atoms with Gasteiger partial charge in [-0.25, -0.2) is 9.37 Å². The summed E-state index contributed by atoms with van der Waals surface area (Å²) in [5.74, 6) is -0.217. The molecule has 4 rings (SSSR count). The maximum absolute atomic E-state index is 12.9. The fraction of sp³-hybridized carbons (Fsp3) is 0.167. The van der Waals surface area contributed by atoms with Crippen molar-refractivity contribution in [3.63, 3.8) is 0 Å². The van der Waals surface area contributed by atoms with E-state index in [0.717, 1.165) is 5.56 Å². The Morgan fingerprint density at radius 3 is 2.83 bits per heavy atom. The molecule has 0 aliphatic carbocycles. The van der Waals surface area contributed by atoms with Crippen LogP contribution in [0.5, 0.6) is 0 Å². The molecule has 0 unspecified atom stereocenters. The molecule has 4 aromatic rings. The van der Waals surface area contributed by atoms with Crippen molar-refractivity contribution in [3.05, 3.63) is 67.5 Å². The van der Waals surface area contributed by atoms with Gasteiger partial charge in [-0.1, -0.05) is 35.2 Å². The molecule has 1 amide bonds. The minimum Gasteiger partial charge on any atom is -0.346 e. The van der Waals surface area contributed by atoms with Gasteiger partial charge in [0.15, 0.2) is 5.16 Å². The molecule has 0 bridgehead atoms. The fourth-order valence-corrected chi connectivity index (χ4v) is 5.02. The average Bonchev–Trinajstić information content (AvgIpc) is 3.38. The summed E-state index contributed by atoms with van der Waals surface area (Å²) in [5, 5.41) is 14.7. The van der Waals surface area contributed by atoms with E-state index in [1.807, 2.05) is 5.38 Å². The van der Waals surface area contributed by atoms with Crippen molar-refractivity contribution in [3.8, 4) is 0 Å². The fourth-order valence-electron chi connectivity index (χ4n) is 2.50. The summed E-state index contributed by atoms with van der Waals surface area (Å²) in [4.78, 5) is 29.8. The number of aromatic nitrogens is 4. The Bertz CT molecular complexity index is 1230. The number of amides is 1. The number of carbonyl (C=O) groups excluding carboxylic acids is 1. The van der Waals surface area contributed by atoms with Gasteiger partial charge in [0.25, 0.3) is 11.5 Å². The van der Waals surface area contributed by atoms with Crippen LogP contribution in [0.15, 0.2) is 45.7 Å². The third-order valence-electron chi connectivity index (χ3n) is 4.02. The molecular formula is C18H14FN5O2S3. The van der Waals surface area contributed by atoms with Crippen molar-refractivity contribution in [1.29, 1.82) is 0 Å². The minimum absolute atomic E-state index is 0.0862. The summed E-state index contributed by atoms with van der Waals surface area (Å²) >= 11 is 3.98. The monoisotopic (exact) mass is 447 g/mol. The molecule has 0 aliphatic rings. The van der Waals surface area contributed by atoms with E-state index in [1.54, 1.807) is 25.2 Å². The molecule has 3 aromatic heterocycles. The maximum Gasteiger partial charge on any atom is 0.282 e. The first kappa shape index (κ1) is 19.7. The number of nitrogens with one attached hydrogen (secondary N) is 1. The van der Waals surface area contributed by atoms with Crippen LogP contribution < -0.4 is 10.9 Å². The standard InChI is InChI=1S/C18H14FN5O2S3/c1-24-17(26)12-6-7-27-15(12)21-18(24)28-9-13-22-23-16(29-13)14(25)20-8-10-2-4-11(19)5-3-10/h2-7H,8-9H2,1H3,(H,20,25). The highest BCUT2D eigenvalue weighted by Crippen LogP contribution is 2.24. The Hall–Kier alpha value is -2.63. The first-order valence-electron chi connectivity index (χ1n) is 8.43. The average molecular weight is 448 g/mol. The molecule has 3 heterocycles. The first-order chi connectivity index (χ1) is 14.0. The second-order valence-electron chi connectivity index (χ2n) is 6.00. The SMILES string of the molecule is Cn1c(SCc2nnc(C(=O)NCc3ccc(F)cc3)s2)nc2sccc2c1=O. The van der Waals surface area contributed by atoms with Crippen LogP contribution in [-0.4, -0.2) is 25.7 Å². The summed E-state index contributed by atoms with van der Waals surface area (Å²) in [6, 6.07) is 7.68.